The Kier molecular flexibility index (Phi) is 8.73. The number of piperazine rings is 1. The van der Waals surface area contributed by atoms with Crippen molar-refractivity contribution in [2.24, 2.45) is 0 Å². The lowest BCUT2D eigenvalue weighted by Gasteiger charge is -2.36. The molecule has 41 heavy (non-hydrogen) atoms. The Hall–Kier alpha value is -3.33. The molecule has 218 valence electrons. The Bertz CT molecular complexity index is 1420. The van der Waals surface area contributed by atoms with Gasteiger partial charge in [0.15, 0.2) is 5.13 Å². The van der Waals surface area contributed by atoms with E-state index in [-0.39, 0.29) is 32.9 Å². The monoisotopic (exact) mass is 612 g/mol. The molecule has 1 N–H and O–H groups in total. The molecule has 0 bridgehead atoms. The number of anilines is 2. The fourth-order valence-corrected chi connectivity index (χ4v) is 5.57. The minimum atomic E-state index is -4.85. The number of rotatable bonds is 6. The average Bonchev–Trinajstić information content (AvgIpc) is 3.41. The molecule has 3 aromatic rings. The maximum absolute atomic E-state index is 14.5. The van der Waals surface area contributed by atoms with Crippen LogP contribution in [0.4, 0.5) is 28.5 Å². The van der Waals surface area contributed by atoms with Gasteiger partial charge < -0.3 is 14.5 Å². The molecule has 2 fully saturated rings. The van der Waals surface area contributed by atoms with E-state index >= 15 is 0 Å². The van der Waals surface area contributed by atoms with Gasteiger partial charge >= 0.3 is 6.18 Å². The number of halogens is 5. The van der Waals surface area contributed by atoms with Gasteiger partial charge in [-0.05, 0) is 18.2 Å². The number of pyridine rings is 1. The van der Waals surface area contributed by atoms with Gasteiger partial charge in [0.05, 0.1) is 41.6 Å². The first-order valence-corrected chi connectivity index (χ1v) is 14.0. The lowest BCUT2D eigenvalue weighted by Crippen LogP contribution is -2.51. The van der Waals surface area contributed by atoms with E-state index in [2.05, 4.69) is 20.2 Å². The number of thiazole rings is 1. The summed E-state index contributed by atoms with van der Waals surface area (Å²) in [6.45, 7) is 5.17. The molecular formula is C26H25ClF4N6O3S. The summed E-state index contributed by atoms with van der Waals surface area (Å²) in [5.74, 6) is -1.42. The highest BCUT2D eigenvalue weighted by atomic mass is 35.5. The first-order chi connectivity index (χ1) is 19.6. The van der Waals surface area contributed by atoms with Gasteiger partial charge in [-0.2, -0.15) is 13.2 Å². The number of amides is 2. The standard InChI is InChI=1S/C26H25ClF4N6O3S/c27-19-12-16(13-32-23(19)37-6-4-35(5-7-37)14-21(38)36-8-10-40-11-9-36)24(39)34-25-33-20(15-41-25)17-2-1-3-18(22(17)28)26(29,30)31/h1-3,12-13,15H,4-11,14H2,(H,33,34,39). The van der Waals surface area contributed by atoms with Gasteiger partial charge in [-0.25, -0.2) is 14.4 Å². The van der Waals surface area contributed by atoms with E-state index in [1.165, 1.54) is 23.7 Å². The van der Waals surface area contributed by atoms with Gasteiger partial charge in [-0.1, -0.05) is 17.7 Å². The predicted octanol–water partition coefficient (Wildman–Crippen LogP) is 4.25. The van der Waals surface area contributed by atoms with E-state index in [1.807, 2.05) is 9.80 Å². The molecule has 9 nitrogen and oxygen atoms in total. The molecule has 0 spiro atoms. The molecule has 2 aromatic heterocycles. The van der Waals surface area contributed by atoms with Crippen LogP contribution < -0.4 is 10.2 Å². The van der Waals surface area contributed by atoms with Crippen LogP contribution >= 0.6 is 22.9 Å². The smallest absolute Gasteiger partial charge is 0.378 e. The van der Waals surface area contributed by atoms with Gasteiger partial charge in [0.1, 0.15) is 11.6 Å². The van der Waals surface area contributed by atoms with Crippen molar-refractivity contribution >= 4 is 45.7 Å². The minimum Gasteiger partial charge on any atom is -0.378 e. The fourth-order valence-electron chi connectivity index (χ4n) is 4.58. The van der Waals surface area contributed by atoms with Gasteiger partial charge in [0.2, 0.25) is 5.91 Å². The summed E-state index contributed by atoms with van der Waals surface area (Å²) < 4.78 is 59.0. The highest BCUT2D eigenvalue weighted by Gasteiger charge is 2.35. The summed E-state index contributed by atoms with van der Waals surface area (Å²) in [6, 6.07) is 4.41. The van der Waals surface area contributed by atoms with Crippen molar-refractivity contribution < 1.29 is 31.9 Å². The number of hydrogen-bond acceptors (Lipinski definition) is 8. The van der Waals surface area contributed by atoms with Gasteiger partial charge in [0, 0.05) is 56.4 Å². The molecular weight excluding hydrogens is 588 g/mol. The Labute approximate surface area is 241 Å². The maximum Gasteiger partial charge on any atom is 0.419 e. The normalized spacial score (nSPS) is 16.6. The first-order valence-electron chi connectivity index (χ1n) is 12.7. The van der Waals surface area contributed by atoms with Crippen molar-refractivity contribution in [3.63, 3.8) is 0 Å². The topological polar surface area (TPSA) is 90.9 Å². The van der Waals surface area contributed by atoms with E-state index in [1.54, 1.807) is 0 Å². The van der Waals surface area contributed by atoms with Crippen LogP contribution in [0.3, 0.4) is 0 Å². The Morgan fingerprint density at radius 1 is 1.10 bits per heavy atom. The van der Waals surface area contributed by atoms with Crippen LogP contribution in [-0.2, 0) is 15.7 Å². The van der Waals surface area contributed by atoms with Crippen LogP contribution in [0.1, 0.15) is 15.9 Å². The third-order valence-electron chi connectivity index (χ3n) is 6.78. The molecule has 0 radical (unpaired) electrons. The minimum absolute atomic E-state index is 0.0359. The van der Waals surface area contributed by atoms with Gasteiger partial charge in [-0.3, -0.25) is 19.8 Å². The van der Waals surface area contributed by atoms with Crippen LogP contribution in [0, 0.1) is 5.82 Å². The zero-order valence-corrected chi connectivity index (χ0v) is 23.2. The molecule has 5 rings (SSSR count). The number of benzene rings is 1. The second-order valence-electron chi connectivity index (χ2n) is 9.44. The molecule has 15 heteroatoms. The van der Waals surface area contributed by atoms with Crippen LogP contribution in [0.2, 0.25) is 5.02 Å². The van der Waals surface area contributed by atoms with Crippen molar-refractivity contribution in [1.29, 1.82) is 0 Å². The summed E-state index contributed by atoms with van der Waals surface area (Å²) in [5.41, 5.74) is -1.60. The van der Waals surface area contributed by atoms with Crippen molar-refractivity contribution in [2.75, 3.05) is 69.2 Å². The number of alkyl halides is 3. The Morgan fingerprint density at radius 3 is 2.51 bits per heavy atom. The zero-order chi connectivity index (χ0) is 29.1. The van der Waals surface area contributed by atoms with Crippen molar-refractivity contribution in [3.8, 4) is 11.3 Å². The van der Waals surface area contributed by atoms with Gasteiger partial charge in [-0.15, -0.1) is 11.3 Å². The molecule has 4 heterocycles. The highest BCUT2D eigenvalue weighted by Crippen LogP contribution is 2.36. The number of hydrogen-bond donors (Lipinski definition) is 1. The van der Waals surface area contributed by atoms with Crippen LogP contribution in [-0.4, -0.2) is 90.6 Å². The summed E-state index contributed by atoms with van der Waals surface area (Å²) in [7, 11) is 0. The first kappa shape index (κ1) is 29.2. The van der Waals surface area contributed by atoms with Crippen LogP contribution in [0.15, 0.2) is 35.8 Å². The highest BCUT2D eigenvalue weighted by molar-refractivity contribution is 7.14. The number of ether oxygens (including phenoxy) is 1. The summed E-state index contributed by atoms with van der Waals surface area (Å²) >= 11 is 7.41. The van der Waals surface area contributed by atoms with Crippen molar-refractivity contribution in [3.05, 3.63) is 57.8 Å². The largest absolute Gasteiger partial charge is 0.419 e. The quantitative estimate of drug-likeness (QED) is 0.416. The molecule has 2 aliphatic rings. The number of aromatic nitrogens is 2. The van der Waals surface area contributed by atoms with E-state index in [0.717, 1.165) is 17.4 Å². The van der Waals surface area contributed by atoms with Crippen molar-refractivity contribution in [2.45, 2.75) is 6.18 Å². The third kappa shape index (κ3) is 6.77. The Morgan fingerprint density at radius 2 is 1.83 bits per heavy atom. The van der Waals surface area contributed by atoms with Crippen molar-refractivity contribution in [1.82, 2.24) is 19.8 Å². The molecule has 1 aromatic carbocycles. The molecule has 2 amide bonds. The second-order valence-corrected chi connectivity index (χ2v) is 10.7. The fraction of sp³-hybridized carbons (Fsp3) is 0.385. The zero-order valence-electron chi connectivity index (χ0n) is 21.6. The summed E-state index contributed by atoms with van der Waals surface area (Å²) in [6.07, 6.45) is -3.48. The SMILES string of the molecule is O=C(Nc1nc(-c2cccc(C(F)(F)F)c2F)cs1)c1cnc(N2CCN(CC(=O)N3CCOCC3)CC2)c(Cl)c1. The molecule has 0 atom stereocenters. The number of carbonyl (C=O) groups excluding carboxylic acids is 2. The lowest BCUT2D eigenvalue weighted by atomic mass is 10.1. The number of nitrogens with one attached hydrogen (secondary N) is 1. The molecule has 0 unspecified atom stereocenters. The maximum atomic E-state index is 14.5. The number of morpholine rings is 1. The summed E-state index contributed by atoms with van der Waals surface area (Å²) in [5, 5.41) is 4.25. The number of carbonyl (C=O) groups is 2. The van der Waals surface area contributed by atoms with E-state index < -0.39 is 23.5 Å². The molecule has 2 saturated heterocycles. The third-order valence-corrected chi connectivity index (χ3v) is 7.82. The molecule has 2 aliphatic heterocycles. The number of nitrogens with zero attached hydrogens (tertiary/aromatic N) is 5. The molecule has 0 saturated carbocycles. The second kappa shape index (κ2) is 12.3. The van der Waals surface area contributed by atoms with E-state index in [4.69, 9.17) is 16.3 Å². The Balaban J connectivity index is 1.18. The lowest BCUT2D eigenvalue weighted by molar-refractivity contribution is -0.140. The van der Waals surface area contributed by atoms with Crippen LogP contribution in [0.5, 0.6) is 0 Å². The summed E-state index contributed by atoms with van der Waals surface area (Å²) in [4.78, 5) is 39.7. The van der Waals surface area contributed by atoms with Crippen LogP contribution in [0.25, 0.3) is 11.3 Å². The van der Waals surface area contributed by atoms with Gasteiger partial charge in [0.25, 0.3) is 5.91 Å². The predicted molar refractivity (Wildman–Crippen MR) is 146 cm³/mol. The van der Waals surface area contributed by atoms with E-state index in [0.29, 0.717) is 70.9 Å². The molecule has 0 aliphatic carbocycles. The van der Waals surface area contributed by atoms with E-state index in [9.17, 15) is 27.2 Å². The average molecular weight is 613 g/mol.